The molecule has 4 nitrogen and oxygen atoms in total. The number of ether oxygens (including phenoxy) is 1. The highest BCUT2D eigenvalue weighted by Gasteiger charge is 2.17. The zero-order valence-electron chi connectivity index (χ0n) is 13.7. The van der Waals surface area contributed by atoms with Crippen LogP contribution in [0.5, 0.6) is 0 Å². The summed E-state index contributed by atoms with van der Waals surface area (Å²) < 4.78 is 6.21. The first-order valence-corrected chi connectivity index (χ1v) is 8.55. The fourth-order valence-electron chi connectivity index (χ4n) is 3.58. The number of hydrogen-bond donors (Lipinski definition) is 2. The second-order valence-electron chi connectivity index (χ2n) is 6.16. The van der Waals surface area contributed by atoms with Gasteiger partial charge in [-0.3, -0.25) is 4.79 Å². The highest BCUT2D eigenvalue weighted by atomic mass is 79.9. The van der Waals surface area contributed by atoms with E-state index in [1.807, 2.05) is 13.0 Å². The molecule has 0 unspecified atom stereocenters. The number of hydrogen-bond acceptors (Lipinski definition) is 2. The first-order valence-electron chi connectivity index (χ1n) is 7.76. The molecule has 0 saturated heterocycles. The Bertz CT molecular complexity index is 1170. The van der Waals surface area contributed by atoms with Crippen molar-refractivity contribution < 1.29 is 4.74 Å². The number of methoxy groups -OCH3 is 1. The van der Waals surface area contributed by atoms with Gasteiger partial charge in [0, 0.05) is 39.6 Å². The van der Waals surface area contributed by atoms with Crippen LogP contribution in [0.2, 0.25) is 0 Å². The van der Waals surface area contributed by atoms with Crippen LogP contribution < -0.4 is 5.43 Å². The molecule has 4 aromatic rings. The van der Waals surface area contributed by atoms with Crippen LogP contribution in [0.4, 0.5) is 0 Å². The summed E-state index contributed by atoms with van der Waals surface area (Å²) in [4.78, 5) is 19.5. The Morgan fingerprint density at radius 3 is 2.50 bits per heavy atom. The number of H-pyrrole nitrogens is 2. The molecule has 0 radical (unpaired) electrons. The predicted molar refractivity (Wildman–Crippen MR) is 102 cm³/mol. The average molecular weight is 385 g/mol. The van der Waals surface area contributed by atoms with Gasteiger partial charge in [-0.25, -0.2) is 0 Å². The first kappa shape index (κ1) is 15.4. The van der Waals surface area contributed by atoms with Gasteiger partial charge in [-0.15, -0.1) is 0 Å². The molecule has 122 valence electrons. The van der Waals surface area contributed by atoms with E-state index in [1.54, 1.807) is 13.2 Å². The van der Waals surface area contributed by atoms with Gasteiger partial charge in [-0.2, -0.15) is 0 Å². The number of benzene rings is 2. The number of nitrogens with one attached hydrogen (secondary N) is 2. The summed E-state index contributed by atoms with van der Waals surface area (Å²) in [6.45, 7) is 4.45. The second-order valence-corrected chi connectivity index (χ2v) is 7.07. The fraction of sp³-hybridized carbons (Fsp3) is 0.211. The molecular formula is C19H17BrN2O2. The van der Waals surface area contributed by atoms with Crippen molar-refractivity contribution in [2.45, 2.75) is 20.5 Å². The van der Waals surface area contributed by atoms with E-state index in [1.165, 1.54) is 0 Å². The van der Waals surface area contributed by atoms with E-state index >= 15 is 0 Å². The van der Waals surface area contributed by atoms with E-state index in [0.29, 0.717) is 6.61 Å². The van der Waals surface area contributed by atoms with Gasteiger partial charge in [-0.1, -0.05) is 15.9 Å². The molecular weight excluding hydrogens is 368 g/mol. The Hall–Kier alpha value is -2.11. The molecule has 0 aliphatic rings. The van der Waals surface area contributed by atoms with Crippen LogP contribution in [-0.4, -0.2) is 17.1 Å². The fourth-order valence-corrected chi connectivity index (χ4v) is 3.95. The van der Waals surface area contributed by atoms with Crippen molar-refractivity contribution in [2.75, 3.05) is 7.11 Å². The molecule has 0 amide bonds. The Kier molecular flexibility index (Phi) is 3.51. The Labute approximate surface area is 147 Å². The maximum Gasteiger partial charge on any atom is 0.190 e. The molecule has 24 heavy (non-hydrogen) atoms. The molecule has 2 aromatic heterocycles. The molecule has 0 aliphatic carbocycles. The summed E-state index contributed by atoms with van der Waals surface area (Å²) in [5, 5.41) is 3.05. The molecule has 2 aromatic carbocycles. The molecule has 0 fully saturated rings. The summed E-state index contributed by atoms with van der Waals surface area (Å²) in [6, 6.07) is 7.82. The van der Waals surface area contributed by atoms with Crippen molar-refractivity contribution in [1.82, 2.24) is 9.97 Å². The highest BCUT2D eigenvalue weighted by Crippen LogP contribution is 2.35. The Balaban J connectivity index is 2.25. The van der Waals surface area contributed by atoms with Gasteiger partial charge in [0.25, 0.3) is 0 Å². The van der Waals surface area contributed by atoms with E-state index in [9.17, 15) is 4.79 Å². The number of aromatic nitrogens is 2. The van der Waals surface area contributed by atoms with Gasteiger partial charge in [0.1, 0.15) is 0 Å². The molecule has 2 heterocycles. The third kappa shape index (κ3) is 2.12. The molecule has 0 atom stereocenters. The van der Waals surface area contributed by atoms with Gasteiger partial charge >= 0.3 is 0 Å². The third-order valence-electron chi connectivity index (χ3n) is 4.65. The SMILES string of the molecule is COCc1cc(=O)c2c(C)c3[nH]c4ccc(Br)cc4c3c(C)c2[nH]1. The van der Waals surface area contributed by atoms with Gasteiger partial charge in [-0.05, 0) is 43.2 Å². The van der Waals surface area contributed by atoms with Gasteiger partial charge in [0.2, 0.25) is 0 Å². The normalized spacial score (nSPS) is 11.8. The minimum Gasteiger partial charge on any atom is -0.378 e. The van der Waals surface area contributed by atoms with Crippen molar-refractivity contribution in [2.24, 2.45) is 0 Å². The molecule has 0 saturated carbocycles. The number of pyridine rings is 1. The topological polar surface area (TPSA) is 57.9 Å². The average Bonchev–Trinajstić information content (AvgIpc) is 2.91. The molecule has 0 bridgehead atoms. The Morgan fingerprint density at radius 1 is 1.04 bits per heavy atom. The predicted octanol–water partition coefficient (Wildman–Crippen LogP) is 4.69. The van der Waals surface area contributed by atoms with E-state index in [0.717, 1.165) is 54.0 Å². The van der Waals surface area contributed by atoms with Crippen molar-refractivity contribution in [3.63, 3.8) is 0 Å². The van der Waals surface area contributed by atoms with Crippen LogP contribution in [0.3, 0.4) is 0 Å². The molecule has 2 N–H and O–H groups in total. The first-order chi connectivity index (χ1) is 11.5. The standard InChI is InChI=1S/C19H17BrN2O2/c1-9-16-13-6-11(20)4-5-14(13)22-18(16)10(2)17-15(23)7-12(8-24-3)21-19(9)17/h4-7,22H,8H2,1-3H3,(H,21,23). The summed E-state index contributed by atoms with van der Waals surface area (Å²) >= 11 is 3.55. The Morgan fingerprint density at radius 2 is 1.75 bits per heavy atom. The molecule has 5 heteroatoms. The van der Waals surface area contributed by atoms with Crippen LogP contribution in [-0.2, 0) is 11.3 Å². The number of fused-ring (bicyclic) bond motifs is 4. The van der Waals surface area contributed by atoms with Crippen LogP contribution in [0.1, 0.15) is 16.8 Å². The van der Waals surface area contributed by atoms with Gasteiger partial charge in [0.15, 0.2) is 5.43 Å². The lowest BCUT2D eigenvalue weighted by Gasteiger charge is -2.11. The number of aryl methyl sites for hydroxylation is 2. The smallest absolute Gasteiger partial charge is 0.190 e. The molecule has 4 rings (SSSR count). The van der Waals surface area contributed by atoms with E-state index in [-0.39, 0.29) is 5.43 Å². The van der Waals surface area contributed by atoms with Crippen molar-refractivity contribution in [3.05, 3.63) is 55.8 Å². The minimum atomic E-state index is 0.0261. The zero-order chi connectivity index (χ0) is 17.0. The second kappa shape index (κ2) is 5.46. The summed E-state index contributed by atoms with van der Waals surface area (Å²) in [7, 11) is 1.63. The van der Waals surface area contributed by atoms with Gasteiger partial charge in [0.05, 0.1) is 23.0 Å². The summed E-state index contributed by atoms with van der Waals surface area (Å²) in [5.41, 5.74) is 5.85. The van der Waals surface area contributed by atoms with Crippen molar-refractivity contribution >= 4 is 48.6 Å². The largest absolute Gasteiger partial charge is 0.378 e. The van der Waals surface area contributed by atoms with Crippen LogP contribution in [0, 0.1) is 13.8 Å². The quantitative estimate of drug-likeness (QED) is 0.526. The number of halogens is 1. The monoisotopic (exact) mass is 384 g/mol. The number of rotatable bonds is 2. The van der Waals surface area contributed by atoms with Crippen LogP contribution in [0.25, 0.3) is 32.7 Å². The van der Waals surface area contributed by atoms with Crippen LogP contribution in [0.15, 0.2) is 33.5 Å². The third-order valence-corrected chi connectivity index (χ3v) is 5.14. The lowest BCUT2D eigenvalue weighted by Crippen LogP contribution is -2.08. The maximum absolute atomic E-state index is 12.7. The van der Waals surface area contributed by atoms with E-state index < -0.39 is 0 Å². The summed E-state index contributed by atoms with van der Waals surface area (Å²) in [5.74, 6) is 0. The maximum atomic E-state index is 12.7. The lowest BCUT2D eigenvalue weighted by molar-refractivity contribution is 0.181. The highest BCUT2D eigenvalue weighted by molar-refractivity contribution is 9.10. The van der Waals surface area contributed by atoms with E-state index in [2.05, 4.69) is 45.0 Å². The number of aromatic amines is 2. The summed E-state index contributed by atoms with van der Waals surface area (Å²) in [6.07, 6.45) is 0. The van der Waals surface area contributed by atoms with E-state index in [4.69, 9.17) is 4.74 Å². The lowest BCUT2D eigenvalue weighted by atomic mass is 9.98. The molecule has 0 aliphatic heterocycles. The van der Waals surface area contributed by atoms with Gasteiger partial charge < -0.3 is 14.7 Å². The molecule has 0 spiro atoms. The van der Waals surface area contributed by atoms with Crippen molar-refractivity contribution in [3.8, 4) is 0 Å². The minimum absolute atomic E-state index is 0.0261. The zero-order valence-corrected chi connectivity index (χ0v) is 15.3. The van der Waals surface area contributed by atoms with Crippen LogP contribution >= 0.6 is 15.9 Å². The van der Waals surface area contributed by atoms with Crippen molar-refractivity contribution in [1.29, 1.82) is 0 Å².